The van der Waals surface area contributed by atoms with Crippen molar-refractivity contribution in [1.29, 1.82) is 0 Å². The maximum Gasteiger partial charge on any atom is 0.251 e. The minimum atomic E-state index is -0.749. The standard InChI is InChI=1S/C36H40FIN8O3/c1-18(2)41-23-11-24(12-23)46-31-10-22(7-8-26(31)36(35(46)49)15-44(16-36)21(5)47)28-14-30-32(45(17-40-30)20(4)38)33(42-28)43-29-13-25(34(48)39-6)19(3)9-27(29)37/h7-10,13-14,17-18,20,23-24,41H,11-12,15-16H2,1-6H3,(H,39,48)(H,42,43). The summed E-state index contributed by atoms with van der Waals surface area (Å²) < 4.78 is 17.4. The van der Waals surface area contributed by atoms with Crippen molar-refractivity contribution in [2.45, 2.75) is 75.0 Å². The summed E-state index contributed by atoms with van der Waals surface area (Å²) in [5, 5.41) is 9.39. The Balaban J connectivity index is 1.32. The zero-order chi connectivity index (χ0) is 34.9. The fraction of sp³-hybridized carbons (Fsp3) is 0.417. The topological polar surface area (TPSA) is 124 Å². The molecule has 2 aromatic heterocycles. The first-order chi connectivity index (χ1) is 23.3. The van der Waals surface area contributed by atoms with Crippen LogP contribution in [0.3, 0.4) is 0 Å². The molecule has 4 heterocycles. The largest absolute Gasteiger partial charge is 0.355 e. The van der Waals surface area contributed by atoms with Gasteiger partial charge in [-0.1, -0.05) is 48.6 Å². The summed E-state index contributed by atoms with van der Waals surface area (Å²) in [5.41, 5.74) is 4.77. The third-order valence-electron chi connectivity index (χ3n) is 10.1. The van der Waals surface area contributed by atoms with Crippen molar-refractivity contribution in [1.82, 2.24) is 30.1 Å². The smallest absolute Gasteiger partial charge is 0.251 e. The van der Waals surface area contributed by atoms with Crippen LogP contribution in [0.5, 0.6) is 0 Å². The number of pyridine rings is 1. The monoisotopic (exact) mass is 778 g/mol. The Morgan fingerprint density at radius 2 is 1.84 bits per heavy atom. The van der Waals surface area contributed by atoms with Crippen molar-refractivity contribution >= 4 is 68.5 Å². The van der Waals surface area contributed by atoms with Gasteiger partial charge < -0.3 is 30.3 Å². The summed E-state index contributed by atoms with van der Waals surface area (Å²) in [6, 6.07) is 11.5. The Bertz CT molecular complexity index is 2010. The minimum Gasteiger partial charge on any atom is -0.355 e. The molecule has 1 atom stereocenters. The summed E-state index contributed by atoms with van der Waals surface area (Å²) in [6.45, 7) is 10.2. The number of amides is 3. The molecular formula is C36H40FIN8O3. The van der Waals surface area contributed by atoms with Crippen LogP contribution in [-0.2, 0) is 15.0 Å². The summed E-state index contributed by atoms with van der Waals surface area (Å²) in [6.07, 6.45) is 3.44. The Kier molecular flexibility index (Phi) is 8.41. The number of aromatic nitrogens is 3. The molecule has 49 heavy (non-hydrogen) atoms. The van der Waals surface area contributed by atoms with E-state index in [0.717, 1.165) is 29.7 Å². The lowest BCUT2D eigenvalue weighted by Gasteiger charge is -2.48. The van der Waals surface area contributed by atoms with E-state index in [2.05, 4.69) is 57.4 Å². The molecule has 4 aromatic rings. The lowest BCUT2D eigenvalue weighted by atomic mass is 9.74. The van der Waals surface area contributed by atoms with Gasteiger partial charge in [-0.15, -0.1) is 0 Å². The van der Waals surface area contributed by atoms with Crippen LogP contribution in [0.2, 0.25) is 0 Å². The molecule has 11 nitrogen and oxygen atoms in total. The van der Waals surface area contributed by atoms with E-state index in [9.17, 15) is 14.4 Å². The number of alkyl halides is 1. The van der Waals surface area contributed by atoms with Gasteiger partial charge in [-0.05, 0) is 62.1 Å². The van der Waals surface area contributed by atoms with E-state index in [-0.39, 0.29) is 33.5 Å². The number of hydrogen-bond acceptors (Lipinski definition) is 7. The van der Waals surface area contributed by atoms with Gasteiger partial charge in [0.1, 0.15) is 16.7 Å². The lowest BCUT2D eigenvalue weighted by Crippen LogP contribution is -2.66. The first kappa shape index (κ1) is 33.4. The normalized spacial score (nSPS) is 20.0. The molecule has 0 radical (unpaired) electrons. The van der Waals surface area contributed by atoms with Gasteiger partial charge in [-0.25, -0.2) is 14.4 Å². The van der Waals surface area contributed by atoms with Gasteiger partial charge in [0, 0.05) is 62.0 Å². The van der Waals surface area contributed by atoms with Gasteiger partial charge >= 0.3 is 0 Å². The van der Waals surface area contributed by atoms with Crippen LogP contribution in [0.15, 0.2) is 42.7 Å². The maximum atomic E-state index is 15.4. The zero-order valence-corrected chi connectivity index (χ0v) is 30.6. The van der Waals surface area contributed by atoms with Crippen LogP contribution < -0.4 is 20.9 Å². The van der Waals surface area contributed by atoms with Gasteiger partial charge in [0.05, 0.1) is 27.3 Å². The number of fused-ring (bicyclic) bond motifs is 3. The molecule has 1 saturated heterocycles. The highest BCUT2D eigenvalue weighted by Crippen LogP contribution is 2.51. The van der Waals surface area contributed by atoms with Crippen molar-refractivity contribution in [2.24, 2.45) is 0 Å². The summed E-state index contributed by atoms with van der Waals surface area (Å²) >= 11 is 2.29. The number of nitrogens with one attached hydrogen (secondary N) is 3. The van der Waals surface area contributed by atoms with Crippen LogP contribution in [-0.4, -0.2) is 75.4 Å². The molecule has 3 amide bonds. The van der Waals surface area contributed by atoms with Crippen molar-refractivity contribution in [3.63, 3.8) is 0 Å². The Labute approximate surface area is 298 Å². The molecular weight excluding hydrogens is 738 g/mol. The molecule has 2 aliphatic heterocycles. The number of likely N-dealkylation sites (tertiary alicyclic amines) is 1. The molecule has 3 aliphatic rings. The lowest BCUT2D eigenvalue weighted by molar-refractivity contribution is -0.142. The van der Waals surface area contributed by atoms with Crippen molar-refractivity contribution in [3.8, 4) is 11.3 Å². The number of carbonyl (C=O) groups is 3. The summed E-state index contributed by atoms with van der Waals surface area (Å²) in [4.78, 5) is 52.4. The van der Waals surface area contributed by atoms with E-state index in [0.29, 0.717) is 58.8 Å². The highest BCUT2D eigenvalue weighted by molar-refractivity contribution is 14.1. The Morgan fingerprint density at radius 1 is 1.10 bits per heavy atom. The second-order valence-electron chi connectivity index (χ2n) is 13.8. The van der Waals surface area contributed by atoms with E-state index in [1.54, 1.807) is 18.2 Å². The molecule has 0 bridgehead atoms. The number of imidazole rings is 1. The molecule has 1 spiro atoms. The maximum absolute atomic E-state index is 15.4. The van der Waals surface area contributed by atoms with E-state index in [1.807, 2.05) is 40.7 Å². The average Bonchev–Trinajstić information content (AvgIpc) is 3.55. The number of hydrogen-bond donors (Lipinski definition) is 3. The molecule has 13 heteroatoms. The number of anilines is 3. The van der Waals surface area contributed by atoms with Crippen LogP contribution in [0.4, 0.5) is 21.6 Å². The number of nitrogens with zero attached hydrogens (tertiary/aromatic N) is 5. The van der Waals surface area contributed by atoms with Crippen LogP contribution >= 0.6 is 22.6 Å². The van der Waals surface area contributed by atoms with Crippen LogP contribution in [0.1, 0.15) is 66.1 Å². The third kappa shape index (κ3) is 5.54. The second kappa shape index (κ2) is 12.3. The van der Waals surface area contributed by atoms with Gasteiger partial charge in [0.25, 0.3) is 5.91 Å². The third-order valence-corrected chi connectivity index (χ3v) is 10.7. The van der Waals surface area contributed by atoms with E-state index in [1.165, 1.54) is 26.1 Å². The van der Waals surface area contributed by atoms with Gasteiger partial charge in [-0.2, -0.15) is 0 Å². The summed E-state index contributed by atoms with van der Waals surface area (Å²) in [5.74, 6) is -0.426. The molecule has 1 unspecified atom stereocenters. The van der Waals surface area contributed by atoms with Crippen molar-refractivity contribution in [3.05, 3.63) is 65.2 Å². The number of benzene rings is 2. The Hall–Kier alpha value is -4.11. The minimum absolute atomic E-state index is 0.0179. The quantitative estimate of drug-likeness (QED) is 0.158. The SMILES string of the molecule is CNC(=O)c1cc(Nc2nc(-c3ccc4c(c3)N(C3CC(NC(C)C)C3)C(=O)C43CN(C(C)=O)C3)cc3ncn(C(C)I)c23)c(F)cc1C. The highest BCUT2D eigenvalue weighted by Gasteiger charge is 2.60. The molecule has 7 rings (SSSR count). The number of rotatable bonds is 8. The predicted octanol–water partition coefficient (Wildman–Crippen LogP) is 5.58. The highest BCUT2D eigenvalue weighted by atomic mass is 127. The van der Waals surface area contributed by atoms with Crippen LogP contribution in [0.25, 0.3) is 22.3 Å². The van der Waals surface area contributed by atoms with Gasteiger partial charge in [-0.3, -0.25) is 14.4 Å². The van der Waals surface area contributed by atoms with E-state index < -0.39 is 11.2 Å². The Morgan fingerprint density at radius 3 is 2.49 bits per heavy atom. The van der Waals surface area contributed by atoms with Crippen molar-refractivity contribution in [2.75, 3.05) is 30.4 Å². The first-order valence-corrected chi connectivity index (χ1v) is 17.9. The molecule has 256 valence electrons. The summed E-state index contributed by atoms with van der Waals surface area (Å²) in [7, 11) is 1.54. The molecule has 3 N–H and O–H groups in total. The van der Waals surface area contributed by atoms with Crippen LogP contribution in [0, 0.1) is 12.7 Å². The fourth-order valence-electron chi connectivity index (χ4n) is 7.49. The first-order valence-electron chi connectivity index (χ1n) is 16.6. The van der Waals surface area contributed by atoms with E-state index >= 15 is 4.39 Å². The molecule has 2 fully saturated rings. The van der Waals surface area contributed by atoms with Crippen molar-refractivity contribution < 1.29 is 18.8 Å². The molecule has 2 aromatic carbocycles. The molecule has 1 saturated carbocycles. The average molecular weight is 779 g/mol. The van der Waals surface area contributed by atoms with Gasteiger partial charge in [0.2, 0.25) is 11.8 Å². The number of halogens is 2. The number of carbonyl (C=O) groups excluding carboxylic acids is 3. The second-order valence-corrected chi connectivity index (χ2v) is 15.6. The predicted molar refractivity (Wildman–Crippen MR) is 196 cm³/mol. The molecule has 1 aliphatic carbocycles. The fourth-order valence-corrected chi connectivity index (χ4v) is 7.91. The number of aryl methyl sites for hydroxylation is 1. The van der Waals surface area contributed by atoms with E-state index in [4.69, 9.17) is 4.98 Å². The zero-order valence-electron chi connectivity index (χ0n) is 28.4. The van der Waals surface area contributed by atoms with Gasteiger partial charge in [0.15, 0.2) is 5.82 Å².